The maximum Gasteiger partial charge on any atom is 0.136 e. The summed E-state index contributed by atoms with van der Waals surface area (Å²) in [5.41, 5.74) is 22.7. The lowest BCUT2D eigenvalue weighted by Gasteiger charge is -2.26. The molecule has 3 heteroatoms. The molecule has 0 bridgehead atoms. The van der Waals surface area contributed by atoms with Gasteiger partial charge in [-0.2, -0.15) is 0 Å². The first kappa shape index (κ1) is 43.8. The Morgan fingerprint density at radius 1 is 0.227 bits per heavy atom. The van der Waals surface area contributed by atoms with Crippen molar-refractivity contribution in [2.75, 3.05) is 4.90 Å². The number of hydrogen-bond acceptors (Lipinski definition) is 2. The molecule has 0 saturated carbocycles. The predicted molar refractivity (Wildman–Crippen MR) is 315 cm³/mol. The Bertz CT molecular complexity index is 4300. The van der Waals surface area contributed by atoms with Gasteiger partial charge in [0.1, 0.15) is 11.2 Å². The fourth-order valence-corrected chi connectivity index (χ4v) is 11.0. The molecule has 12 aromatic carbocycles. The van der Waals surface area contributed by atoms with E-state index in [0.29, 0.717) is 0 Å². The Morgan fingerprint density at radius 2 is 0.573 bits per heavy atom. The van der Waals surface area contributed by atoms with Crippen LogP contribution in [0.4, 0.5) is 17.1 Å². The van der Waals surface area contributed by atoms with Crippen LogP contribution in [0.2, 0.25) is 0 Å². The number of benzene rings is 12. The largest absolute Gasteiger partial charge is 0.456 e. The molecule has 0 radical (unpaired) electrons. The van der Waals surface area contributed by atoms with Gasteiger partial charge in [0.05, 0.1) is 11.0 Å². The second-order valence-electron chi connectivity index (χ2n) is 19.3. The standard InChI is InChI=1S/C72H48N2O/c1-2-12-49(13-3-1)57-14-10-15-58(46-57)56-36-43-63(44-37-56)73(62-41-34-53(35-42-62)51-26-30-55(31-27-51)60-38-45-68-67-20-6-9-23-71(67)75-72(68)48-60)61-39-32-52(33-40-61)50-24-28-54(29-25-50)59-16-11-17-64(47-59)74-69-21-7-4-18-65(69)66-19-5-8-22-70(66)74/h1-48H. The lowest BCUT2D eigenvalue weighted by atomic mass is 9.98. The van der Waals surface area contributed by atoms with Crippen molar-refractivity contribution < 1.29 is 4.42 Å². The molecule has 0 aliphatic carbocycles. The number of hydrogen-bond donors (Lipinski definition) is 0. The molecule has 2 heterocycles. The van der Waals surface area contributed by atoms with Crippen LogP contribution in [0.5, 0.6) is 0 Å². The summed E-state index contributed by atoms with van der Waals surface area (Å²) in [4.78, 5) is 2.35. The van der Waals surface area contributed by atoms with Gasteiger partial charge in [0, 0.05) is 44.3 Å². The smallest absolute Gasteiger partial charge is 0.136 e. The van der Waals surface area contributed by atoms with Gasteiger partial charge in [0.2, 0.25) is 0 Å². The number of rotatable bonds is 10. The number of para-hydroxylation sites is 3. The van der Waals surface area contributed by atoms with Crippen molar-refractivity contribution in [1.29, 1.82) is 0 Å². The SMILES string of the molecule is c1ccc(-c2cccc(-c3ccc(N(c4ccc(-c5ccc(-c6cccc(-n7c8ccccc8c8ccccc87)c6)cc5)cc4)c4ccc(-c5ccc(-c6ccc7c(c6)oc6ccccc67)cc5)cc4)cc3)c2)cc1. The first-order chi connectivity index (χ1) is 37.1. The molecule has 0 saturated heterocycles. The van der Waals surface area contributed by atoms with Gasteiger partial charge < -0.3 is 13.9 Å². The van der Waals surface area contributed by atoms with Crippen LogP contribution in [0.3, 0.4) is 0 Å². The van der Waals surface area contributed by atoms with Crippen LogP contribution in [0.25, 0.3) is 116 Å². The van der Waals surface area contributed by atoms with E-state index in [1.165, 1.54) is 60.8 Å². The first-order valence-electron chi connectivity index (χ1n) is 25.6. The second kappa shape index (κ2) is 18.6. The number of fused-ring (bicyclic) bond motifs is 6. The number of furan rings is 1. The molecule has 0 N–H and O–H groups in total. The van der Waals surface area contributed by atoms with E-state index in [1.54, 1.807) is 0 Å². The molecule has 3 nitrogen and oxygen atoms in total. The van der Waals surface area contributed by atoms with E-state index in [-0.39, 0.29) is 0 Å². The first-order valence-corrected chi connectivity index (χ1v) is 25.6. The quantitative estimate of drug-likeness (QED) is 0.136. The van der Waals surface area contributed by atoms with Crippen LogP contribution in [0, 0.1) is 0 Å². The highest BCUT2D eigenvalue weighted by molar-refractivity contribution is 6.09. The molecule has 14 aromatic rings. The fourth-order valence-electron chi connectivity index (χ4n) is 11.0. The van der Waals surface area contributed by atoms with E-state index in [0.717, 1.165) is 72.5 Å². The van der Waals surface area contributed by atoms with Crippen molar-refractivity contribution in [3.63, 3.8) is 0 Å². The molecule has 0 aliphatic heterocycles. The van der Waals surface area contributed by atoms with E-state index in [9.17, 15) is 0 Å². The van der Waals surface area contributed by atoms with Gasteiger partial charge >= 0.3 is 0 Å². The lowest BCUT2D eigenvalue weighted by molar-refractivity contribution is 0.669. The summed E-state index contributed by atoms with van der Waals surface area (Å²) in [5, 5.41) is 4.82. The Kier molecular flexibility index (Phi) is 10.8. The van der Waals surface area contributed by atoms with Crippen LogP contribution >= 0.6 is 0 Å². The molecule has 75 heavy (non-hydrogen) atoms. The zero-order chi connectivity index (χ0) is 49.7. The summed E-state index contributed by atoms with van der Waals surface area (Å²) < 4.78 is 8.60. The van der Waals surface area contributed by atoms with Gasteiger partial charge in [-0.15, -0.1) is 0 Å². The molecule has 0 unspecified atom stereocenters. The van der Waals surface area contributed by atoms with E-state index in [1.807, 2.05) is 12.1 Å². The molecule has 0 amide bonds. The average molecular weight is 957 g/mol. The van der Waals surface area contributed by atoms with E-state index >= 15 is 0 Å². The van der Waals surface area contributed by atoms with Gasteiger partial charge in [0.15, 0.2) is 0 Å². The predicted octanol–water partition coefficient (Wildman–Crippen LogP) is 20.2. The van der Waals surface area contributed by atoms with Crippen molar-refractivity contribution in [1.82, 2.24) is 4.57 Å². The molecular weight excluding hydrogens is 909 g/mol. The molecule has 2 aromatic heterocycles. The topological polar surface area (TPSA) is 21.3 Å². The van der Waals surface area contributed by atoms with Crippen molar-refractivity contribution in [2.24, 2.45) is 0 Å². The van der Waals surface area contributed by atoms with Crippen LogP contribution in [-0.2, 0) is 0 Å². The average Bonchev–Trinajstić information content (AvgIpc) is 4.04. The summed E-state index contributed by atoms with van der Waals surface area (Å²) >= 11 is 0. The molecule has 352 valence electrons. The van der Waals surface area contributed by atoms with Gasteiger partial charge in [-0.25, -0.2) is 0 Å². The zero-order valence-corrected chi connectivity index (χ0v) is 41.0. The minimum Gasteiger partial charge on any atom is -0.456 e. The summed E-state index contributed by atoms with van der Waals surface area (Å²) in [7, 11) is 0. The number of aromatic nitrogens is 1. The summed E-state index contributed by atoms with van der Waals surface area (Å²) in [6, 6.07) is 105. The molecule has 0 spiro atoms. The lowest BCUT2D eigenvalue weighted by Crippen LogP contribution is -2.09. The number of anilines is 3. The Labute approximate surface area is 436 Å². The van der Waals surface area contributed by atoms with Crippen LogP contribution in [0.1, 0.15) is 0 Å². The Hall–Kier alpha value is -9.96. The highest BCUT2D eigenvalue weighted by Gasteiger charge is 2.16. The molecular formula is C72H48N2O. The van der Waals surface area contributed by atoms with E-state index in [2.05, 4.69) is 289 Å². The minimum atomic E-state index is 0.906. The molecule has 14 rings (SSSR count). The number of nitrogens with zero attached hydrogens (tertiary/aromatic N) is 2. The Morgan fingerprint density at radius 3 is 1.09 bits per heavy atom. The fraction of sp³-hybridized carbons (Fsp3) is 0. The van der Waals surface area contributed by atoms with Crippen LogP contribution in [-0.4, -0.2) is 4.57 Å². The maximum atomic E-state index is 6.22. The summed E-state index contributed by atoms with van der Waals surface area (Å²) in [5.74, 6) is 0. The third-order valence-electron chi connectivity index (χ3n) is 14.8. The maximum absolute atomic E-state index is 6.22. The van der Waals surface area contributed by atoms with Crippen molar-refractivity contribution in [3.05, 3.63) is 291 Å². The zero-order valence-electron chi connectivity index (χ0n) is 41.0. The highest BCUT2D eigenvalue weighted by Crippen LogP contribution is 2.40. The molecule has 0 fully saturated rings. The molecule has 0 aliphatic rings. The third-order valence-corrected chi connectivity index (χ3v) is 14.8. The van der Waals surface area contributed by atoms with Crippen molar-refractivity contribution >= 4 is 60.8 Å². The van der Waals surface area contributed by atoms with E-state index in [4.69, 9.17) is 4.42 Å². The van der Waals surface area contributed by atoms with Gasteiger partial charge in [-0.05, 0) is 152 Å². The molecule has 0 atom stereocenters. The minimum absolute atomic E-state index is 0.906. The highest BCUT2D eigenvalue weighted by atomic mass is 16.3. The summed E-state index contributed by atoms with van der Waals surface area (Å²) in [6.07, 6.45) is 0. The van der Waals surface area contributed by atoms with Crippen molar-refractivity contribution in [2.45, 2.75) is 0 Å². The summed E-state index contributed by atoms with van der Waals surface area (Å²) in [6.45, 7) is 0. The van der Waals surface area contributed by atoms with Gasteiger partial charge in [-0.3, -0.25) is 0 Å². The van der Waals surface area contributed by atoms with Crippen molar-refractivity contribution in [3.8, 4) is 72.4 Å². The third kappa shape index (κ3) is 8.14. The second-order valence-corrected chi connectivity index (χ2v) is 19.3. The normalized spacial score (nSPS) is 11.5. The van der Waals surface area contributed by atoms with Crippen LogP contribution in [0.15, 0.2) is 296 Å². The van der Waals surface area contributed by atoms with E-state index < -0.39 is 0 Å². The monoisotopic (exact) mass is 956 g/mol. The van der Waals surface area contributed by atoms with Gasteiger partial charge in [0.25, 0.3) is 0 Å². The van der Waals surface area contributed by atoms with Crippen LogP contribution < -0.4 is 4.90 Å². The van der Waals surface area contributed by atoms with Gasteiger partial charge in [-0.1, -0.05) is 206 Å². The Balaban J connectivity index is 0.757.